The molecule has 7 heteroatoms. The van der Waals surface area contributed by atoms with Crippen molar-refractivity contribution in [1.29, 1.82) is 0 Å². The lowest BCUT2D eigenvalue weighted by Crippen LogP contribution is -2.50. The number of benzene rings is 1. The first-order chi connectivity index (χ1) is 11.3. The molecule has 0 aromatic heterocycles. The summed E-state index contributed by atoms with van der Waals surface area (Å²) < 4.78 is 10.7. The van der Waals surface area contributed by atoms with Gasteiger partial charge in [-0.3, -0.25) is 14.5 Å². The number of carbonyl (C=O) groups excluding carboxylic acids is 1. The van der Waals surface area contributed by atoms with Crippen molar-refractivity contribution in [2.75, 3.05) is 13.2 Å². The van der Waals surface area contributed by atoms with Crippen LogP contribution in [0.2, 0.25) is 0 Å². The van der Waals surface area contributed by atoms with Gasteiger partial charge in [0.2, 0.25) is 6.29 Å². The second-order valence-electron chi connectivity index (χ2n) is 5.67. The van der Waals surface area contributed by atoms with E-state index in [0.29, 0.717) is 6.61 Å². The highest BCUT2D eigenvalue weighted by Gasteiger charge is 2.30. The zero-order valence-corrected chi connectivity index (χ0v) is 14.3. The fourth-order valence-electron chi connectivity index (χ4n) is 2.14. The van der Waals surface area contributed by atoms with E-state index < -0.39 is 18.3 Å². The molecular weight excluding hydrogens is 312 g/mol. The van der Waals surface area contributed by atoms with Crippen molar-refractivity contribution in [3.8, 4) is 0 Å². The van der Waals surface area contributed by atoms with Gasteiger partial charge in [0, 0.05) is 20.0 Å². The van der Waals surface area contributed by atoms with Crippen LogP contribution in [-0.2, 0) is 25.6 Å². The molecule has 1 aliphatic heterocycles. The number of rotatable bonds is 4. The maximum Gasteiger partial charge on any atom is 0.320 e. The molecular formula is C17H26N2O5. The van der Waals surface area contributed by atoms with Crippen LogP contribution in [0.1, 0.15) is 26.3 Å². The van der Waals surface area contributed by atoms with Crippen molar-refractivity contribution in [3.63, 3.8) is 0 Å². The average molecular weight is 338 g/mol. The highest BCUT2D eigenvalue weighted by molar-refractivity contribution is 5.72. The van der Waals surface area contributed by atoms with Gasteiger partial charge in [-0.25, -0.2) is 0 Å². The molecule has 1 aromatic carbocycles. The molecule has 1 saturated heterocycles. The van der Waals surface area contributed by atoms with E-state index in [9.17, 15) is 9.59 Å². The summed E-state index contributed by atoms with van der Waals surface area (Å²) in [6.07, 6.45) is -0.458. The molecule has 3 N–H and O–H groups in total. The molecule has 0 saturated carbocycles. The maximum atomic E-state index is 11.0. The van der Waals surface area contributed by atoms with E-state index in [1.807, 2.05) is 25.1 Å². The molecule has 0 aliphatic carbocycles. The smallest absolute Gasteiger partial charge is 0.320 e. The average Bonchev–Trinajstić information content (AvgIpc) is 2.52. The Bertz CT molecular complexity index is 521. The predicted molar refractivity (Wildman–Crippen MR) is 89.1 cm³/mol. The summed E-state index contributed by atoms with van der Waals surface area (Å²) in [4.78, 5) is 22.8. The normalized spacial score (nSPS) is 22.0. The first-order valence-electron chi connectivity index (χ1n) is 7.86. The third kappa shape index (κ3) is 7.08. The molecule has 0 radical (unpaired) electrons. The number of carboxylic acids is 1. The quantitative estimate of drug-likeness (QED) is 0.796. The summed E-state index contributed by atoms with van der Waals surface area (Å²) in [7, 11) is 0. The predicted octanol–water partition coefficient (Wildman–Crippen LogP) is 1.21. The number of hydrogen-bond donors (Lipinski definition) is 2. The fourth-order valence-corrected chi connectivity index (χ4v) is 2.14. The van der Waals surface area contributed by atoms with Crippen molar-refractivity contribution < 1.29 is 24.2 Å². The van der Waals surface area contributed by atoms with E-state index in [-0.39, 0.29) is 12.0 Å². The first-order valence-corrected chi connectivity index (χ1v) is 7.86. The molecule has 1 heterocycles. The number of hydrogen-bond acceptors (Lipinski definition) is 6. The van der Waals surface area contributed by atoms with Gasteiger partial charge >= 0.3 is 11.9 Å². The molecule has 7 nitrogen and oxygen atoms in total. The molecule has 1 fully saturated rings. The minimum Gasteiger partial charge on any atom is -0.480 e. The number of esters is 1. The van der Waals surface area contributed by atoms with Gasteiger partial charge in [-0.1, -0.05) is 30.3 Å². The largest absolute Gasteiger partial charge is 0.480 e. The Morgan fingerprint density at radius 1 is 1.42 bits per heavy atom. The topological polar surface area (TPSA) is 102 Å². The number of morpholine rings is 1. The Labute approximate surface area is 142 Å². The van der Waals surface area contributed by atoms with Gasteiger partial charge in [0.15, 0.2) is 0 Å². The number of aliphatic carboxylic acids is 1. The van der Waals surface area contributed by atoms with Crippen molar-refractivity contribution in [2.45, 2.75) is 45.7 Å². The maximum absolute atomic E-state index is 11.0. The van der Waals surface area contributed by atoms with E-state index in [0.717, 1.165) is 13.1 Å². The number of carbonyl (C=O) groups is 2. The molecule has 24 heavy (non-hydrogen) atoms. The first kappa shape index (κ1) is 20.1. The van der Waals surface area contributed by atoms with Gasteiger partial charge in [0.1, 0.15) is 6.04 Å². The Balaban J connectivity index is 0.000000413. The molecule has 1 aromatic rings. The van der Waals surface area contributed by atoms with Gasteiger partial charge in [0.25, 0.3) is 0 Å². The molecule has 0 bridgehead atoms. The number of nitrogens with zero attached hydrogens (tertiary/aromatic N) is 1. The van der Waals surface area contributed by atoms with E-state index in [2.05, 4.69) is 17.0 Å². The van der Waals surface area contributed by atoms with E-state index >= 15 is 0 Å². The lowest BCUT2D eigenvalue weighted by atomic mass is 10.1. The number of ether oxygens (including phenoxy) is 2. The molecule has 0 amide bonds. The minimum atomic E-state index is -0.963. The standard InChI is InChI=1S/C14H19NO3.C3H7NO2/c1-11-14(18-12(2)16)17-9-8-15(11)10-13-6-4-3-5-7-13;1-2(4)3(5)6/h3-7,11,14H,8-10H2,1-2H3;2H,4H2,1H3,(H,5,6). The third-order valence-corrected chi connectivity index (χ3v) is 3.53. The van der Waals surface area contributed by atoms with Crippen LogP contribution in [-0.4, -0.2) is 53.5 Å². The van der Waals surface area contributed by atoms with Gasteiger partial charge in [-0.15, -0.1) is 0 Å². The van der Waals surface area contributed by atoms with Crippen LogP contribution < -0.4 is 5.73 Å². The van der Waals surface area contributed by atoms with E-state index in [1.165, 1.54) is 19.4 Å². The molecule has 2 rings (SSSR count). The summed E-state index contributed by atoms with van der Waals surface area (Å²) in [6, 6.07) is 9.61. The van der Waals surface area contributed by atoms with Gasteiger partial charge in [-0.05, 0) is 19.4 Å². The SMILES string of the molecule is CC(=O)OC1OCCN(Cc2ccccc2)C1C.CC(N)C(=O)O. The van der Waals surface area contributed by atoms with Crippen LogP contribution in [0.25, 0.3) is 0 Å². The van der Waals surface area contributed by atoms with E-state index in [1.54, 1.807) is 0 Å². The Hall–Kier alpha value is -1.96. The van der Waals surface area contributed by atoms with Gasteiger partial charge < -0.3 is 20.3 Å². The summed E-state index contributed by atoms with van der Waals surface area (Å²) in [5, 5.41) is 7.87. The molecule has 3 unspecified atom stereocenters. The number of nitrogens with two attached hydrogens (primary N) is 1. The van der Waals surface area contributed by atoms with Crippen LogP contribution >= 0.6 is 0 Å². The summed E-state index contributed by atoms with van der Waals surface area (Å²) in [5.41, 5.74) is 6.09. The van der Waals surface area contributed by atoms with Crippen LogP contribution in [0.4, 0.5) is 0 Å². The van der Waals surface area contributed by atoms with Crippen LogP contribution in [0, 0.1) is 0 Å². The van der Waals surface area contributed by atoms with Crippen LogP contribution in [0.15, 0.2) is 30.3 Å². The zero-order chi connectivity index (χ0) is 18.1. The second-order valence-corrected chi connectivity index (χ2v) is 5.67. The monoisotopic (exact) mass is 338 g/mol. The van der Waals surface area contributed by atoms with Crippen LogP contribution in [0.5, 0.6) is 0 Å². The third-order valence-electron chi connectivity index (χ3n) is 3.53. The van der Waals surface area contributed by atoms with Crippen molar-refractivity contribution in [1.82, 2.24) is 4.90 Å². The Morgan fingerprint density at radius 3 is 2.50 bits per heavy atom. The molecule has 1 aliphatic rings. The minimum absolute atomic E-state index is 0.0721. The van der Waals surface area contributed by atoms with Gasteiger partial charge in [0.05, 0.1) is 12.6 Å². The van der Waals surface area contributed by atoms with Crippen molar-refractivity contribution in [3.05, 3.63) is 35.9 Å². The second kappa shape index (κ2) is 10.0. The summed E-state index contributed by atoms with van der Waals surface area (Å²) >= 11 is 0. The number of carboxylic acid groups (broad SMARTS) is 1. The van der Waals surface area contributed by atoms with E-state index in [4.69, 9.17) is 20.3 Å². The van der Waals surface area contributed by atoms with Crippen molar-refractivity contribution >= 4 is 11.9 Å². The Kier molecular flexibility index (Phi) is 8.39. The molecule has 0 spiro atoms. The van der Waals surface area contributed by atoms with Crippen molar-refractivity contribution in [2.24, 2.45) is 5.73 Å². The highest BCUT2D eigenvalue weighted by Crippen LogP contribution is 2.18. The highest BCUT2D eigenvalue weighted by atomic mass is 16.7. The zero-order valence-electron chi connectivity index (χ0n) is 14.3. The Morgan fingerprint density at radius 2 is 2.00 bits per heavy atom. The lowest BCUT2D eigenvalue weighted by Gasteiger charge is -2.38. The molecule has 3 atom stereocenters. The fraction of sp³-hybridized carbons (Fsp3) is 0.529. The molecule has 134 valence electrons. The summed E-state index contributed by atoms with van der Waals surface area (Å²) in [5.74, 6) is -1.26. The van der Waals surface area contributed by atoms with Gasteiger partial charge in [-0.2, -0.15) is 0 Å². The summed E-state index contributed by atoms with van der Waals surface area (Å²) in [6.45, 7) is 7.15. The lowest BCUT2D eigenvalue weighted by molar-refractivity contribution is -0.208. The van der Waals surface area contributed by atoms with Crippen LogP contribution in [0.3, 0.4) is 0 Å².